The van der Waals surface area contributed by atoms with Gasteiger partial charge in [-0.05, 0) is 6.42 Å². The maximum Gasteiger partial charge on any atom is 0.317 e. The van der Waals surface area contributed by atoms with E-state index in [2.05, 4.69) is 4.74 Å². The number of ether oxygens (including phenoxy) is 1. The van der Waals surface area contributed by atoms with Gasteiger partial charge < -0.3 is 4.74 Å². The van der Waals surface area contributed by atoms with Gasteiger partial charge in [0.15, 0.2) is 0 Å². The molecule has 1 heterocycles. The first-order chi connectivity index (χ1) is 4.74. The molecule has 0 aromatic heterocycles. The van der Waals surface area contributed by atoms with Gasteiger partial charge in [0, 0.05) is 0 Å². The van der Waals surface area contributed by atoms with E-state index in [0.717, 1.165) is 12.8 Å². The zero-order chi connectivity index (χ0) is 7.56. The molecule has 1 saturated heterocycles. The summed E-state index contributed by atoms with van der Waals surface area (Å²) in [6, 6.07) is 0. The number of carbonyl (C=O) groups excluding carboxylic acids is 2. The van der Waals surface area contributed by atoms with Crippen molar-refractivity contribution < 1.29 is 14.3 Å². The van der Waals surface area contributed by atoms with E-state index < -0.39 is 0 Å². The molecule has 3 heteroatoms. The highest BCUT2D eigenvalue weighted by Gasteiger charge is 2.32. The molecule has 10 heavy (non-hydrogen) atoms. The third-order valence-corrected chi connectivity index (χ3v) is 1.60. The highest BCUT2D eigenvalue weighted by molar-refractivity contribution is 5.94. The van der Waals surface area contributed by atoms with E-state index >= 15 is 0 Å². The average molecular weight is 142 g/mol. The summed E-state index contributed by atoms with van der Waals surface area (Å²) in [5.74, 6) is -0.868. The first-order valence-corrected chi connectivity index (χ1v) is 3.48. The quantitative estimate of drug-likeness (QED) is 0.424. The van der Waals surface area contributed by atoms with Crippen molar-refractivity contribution in [2.75, 3.05) is 0 Å². The maximum atomic E-state index is 10.7. The fourth-order valence-corrected chi connectivity index (χ4v) is 1.09. The Labute approximate surface area is 59.4 Å². The minimum absolute atomic E-state index is 0.155. The van der Waals surface area contributed by atoms with Crippen LogP contribution in [0.1, 0.15) is 26.2 Å². The van der Waals surface area contributed by atoms with Gasteiger partial charge in [0.25, 0.3) is 0 Å². The van der Waals surface area contributed by atoms with Crippen LogP contribution in [0, 0.1) is 5.92 Å². The van der Waals surface area contributed by atoms with Crippen LogP contribution in [0.5, 0.6) is 0 Å². The summed E-state index contributed by atoms with van der Waals surface area (Å²) in [6.07, 6.45) is 1.98. The standard InChI is InChI=1S/C7H10O3/c1-2-3-5-4-6(8)10-7(5)9/h5H,2-4H2,1H3. The van der Waals surface area contributed by atoms with E-state index in [-0.39, 0.29) is 24.3 Å². The number of hydrogen-bond acceptors (Lipinski definition) is 3. The van der Waals surface area contributed by atoms with Crippen LogP contribution >= 0.6 is 0 Å². The van der Waals surface area contributed by atoms with Crippen molar-refractivity contribution in [2.24, 2.45) is 5.92 Å². The first kappa shape index (κ1) is 7.25. The summed E-state index contributed by atoms with van der Waals surface area (Å²) in [5, 5.41) is 0. The van der Waals surface area contributed by atoms with Gasteiger partial charge in [0.05, 0.1) is 12.3 Å². The van der Waals surface area contributed by atoms with E-state index in [4.69, 9.17) is 0 Å². The van der Waals surface area contributed by atoms with Crippen LogP contribution in [-0.4, -0.2) is 11.9 Å². The van der Waals surface area contributed by atoms with Crippen LogP contribution in [0.25, 0.3) is 0 Å². The van der Waals surface area contributed by atoms with Crippen LogP contribution in [0.2, 0.25) is 0 Å². The number of hydrogen-bond donors (Lipinski definition) is 0. The molecule has 0 N–H and O–H groups in total. The molecule has 0 spiro atoms. The molecule has 1 aliphatic heterocycles. The molecule has 0 aromatic rings. The van der Waals surface area contributed by atoms with Crippen molar-refractivity contribution in [2.45, 2.75) is 26.2 Å². The molecule has 0 radical (unpaired) electrons. The monoisotopic (exact) mass is 142 g/mol. The SMILES string of the molecule is CCCC1CC(=O)OC1=O. The van der Waals surface area contributed by atoms with E-state index in [1.54, 1.807) is 0 Å². The Morgan fingerprint density at radius 2 is 2.30 bits per heavy atom. The lowest BCUT2D eigenvalue weighted by Gasteiger charge is -1.97. The van der Waals surface area contributed by atoms with Gasteiger partial charge in [-0.15, -0.1) is 0 Å². The highest BCUT2D eigenvalue weighted by Crippen LogP contribution is 2.20. The Kier molecular flexibility index (Phi) is 2.04. The van der Waals surface area contributed by atoms with E-state index in [1.165, 1.54) is 0 Å². The second-order valence-corrected chi connectivity index (χ2v) is 2.48. The lowest BCUT2D eigenvalue weighted by molar-refractivity contribution is -0.153. The van der Waals surface area contributed by atoms with Crippen LogP contribution in [-0.2, 0) is 14.3 Å². The summed E-state index contributed by atoms with van der Waals surface area (Å²) in [7, 11) is 0. The minimum atomic E-state index is -0.372. The van der Waals surface area contributed by atoms with Gasteiger partial charge in [0.2, 0.25) is 0 Å². The molecule has 1 unspecified atom stereocenters. The Bertz CT molecular complexity index is 162. The predicted octanol–water partition coefficient (Wildman–Crippen LogP) is 0.876. The van der Waals surface area contributed by atoms with Gasteiger partial charge in [-0.1, -0.05) is 13.3 Å². The van der Waals surface area contributed by atoms with Gasteiger partial charge in [-0.25, -0.2) is 0 Å². The van der Waals surface area contributed by atoms with E-state index in [0.29, 0.717) is 0 Å². The summed E-state index contributed by atoms with van der Waals surface area (Å²) in [5.41, 5.74) is 0. The molecular weight excluding hydrogens is 132 g/mol. The highest BCUT2D eigenvalue weighted by atomic mass is 16.6. The van der Waals surface area contributed by atoms with Crippen molar-refractivity contribution in [3.63, 3.8) is 0 Å². The fraction of sp³-hybridized carbons (Fsp3) is 0.714. The molecule has 0 bridgehead atoms. The third kappa shape index (κ3) is 1.35. The van der Waals surface area contributed by atoms with Crippen LogP contribution < -0.4 is 0 Å². The Morgan fingerprint density at radius 1 is 1.60 bits per heavy atom. The number of carbonyl (C=O) groups is 2. The van der Waals surface area contributed by atoms with Crippen LogP contribution in [0.3, 0.4) is 0 Å². The molecule has 1 rings (SSSR count). The fourth-order valence-electron chi connectivity index (χ4n) is 1.09. The predicted molar refractivity (Wildman–Crippen MR) is 34.1 cm³/mol. The Morgan fingerprint density at radius 3 is 2.70 bits per heavy atom. The molecule has 3 nitrogen and oxygen atoms in total. The summed E-state index contributed by atoms with van der Waals surface area (Å²) in [6.45, 7) is 1.98. The second kappa shape index (κ2) is 2.82. The third-order valence-electron chi connectivity index (χ3n) is 1.60. The summed E-state index contributed by atoms with van der Waals surface area (Å²) in [4.78, 5) is 21.2. The second-order valence-electron chi connectivity index (χ2n) is 2.48. The summed E-state index contributed by atoms with van der Waals surface area (Å²) < 4.78 is 4.35. The van der Waals surface area contributed by atoms with Crippen molar-refractivity contribution in [1.82, 2.24) is 0 Å². The molecule has 0 saturated carbocycles. The average Bonchev–Trinajstić information content (AvgIpc) is 2.13. The smallest absolute Gasteiger partial charge is 0.317 e. The molecule has 56 valence electrons. The largest absolute Gasteiger partial charge is 0.393 e. The minimum Gasteiger partial charge on any atom is -0.393 e. The molecule has 1 fully saturated rings. The lowest BCUT2D eigenvalue weighted by atomic mass is 10.0. The van der Waals surface area contributed by atoms with Crippen molar-refractivity contribution in [1.29, 1.82) is 0 Å². The van der Waals surface area contributed by atoms with E-state index in [9.17, 15) is 9.59 Å². The van der Waals surface area contributed by atoms with Crippen molar-refractivity contribution in [3.8, 4) is 0 Å². The zero-order valence-corrected chi connectivity index (χ0v) is 5.92. The number of rotatable bonds is 2. The normalized spacial score (nSPS) is 25.1. The Balaban J connectivity index is 2.46. The lowest BCUT2D eigenvalue weighted by Crippen LogP contribution is -2.06. The van der Waals surface area contributed by atoms with Gasteiger partial charge in [-0.3, -0.25) is 9.59 Å². The van der Waals surface area contributed by atoms with Gasteiger partial charge in [0.1, 0.15) is 0 Å². The summed E-state index contributed by atoms with van der Waals surface area (Å²) >= 11 is 0. The van der Waals surface area contributed by atoms with Gasteiger partial charge in [-0.2, -0.15) is 0 Å². The molecule has 0 aliphatic carbocycles. The van der Waals surface area contributed by atoms with Gasteiger partial charge >= 0.3 is 11.9 Å². The van der Waals surface area contributed by atoms with Crippen LogP contribution in [0.4, 0.5) is 0 Å². The molecular formula is C7H10O3. The zero-order valence-electron chi connectivity index (χ0n) is 5.92. The Hall–Kier alpha value is -0.860. The molecule has 0 amide bonds. The molecule has 1 atom stereocenters. The molecule has 1 aliphatic rings. The first-order valence-electron chi connectivity index (χ1n) is 3.48. The number of esters is 2. The maximum absolute atomic E-state index is 10.7. The number of cyclic esters (lactones) is 2. The van der Waals surface area contributed by atoms with Crippen LogP contribution in [0.15, 0.2) is 0 Å². The molecule has 0 aromatic carbocycles. The van der Waals surface area contributed by atoms with E-state index in [1.807, 2.05) is 6.92 Å². The topological polar surface area (TPSA) is 43.4 Å². The van der Waals surface area contributed by atoms with Crippen molar-refractivity contribution >= 4 is 11.9 Å². The van der Waals surface area contributed by atoms with Crippen molar-refractivity contribution in [3.05, 3.63) is 0 Å².